The third kappa shape index (κ3) is 6.19. The Balaban J connectivity index is 1.25. The Kier molecular flexibility index (Phi) is 7.59. The number of sulfonamides is 1. The van der Waals surface area contributed by atoms with Crippen molar-refractivity contribution in [2.24, 2.45) is 0 Å². The number of H-pyrrole nitrogens is 2. The maximum atomic E-state index is 15.4. The van der Waals surface area contributed by atoms with Crippen LogP contribution in [0.5, 0.6) is 0 Å². The summed E-state index contributed by atoms with van der Waals surface area (Å²) in [5.41, 5.74) is 5.57. The quantitative estimate of drug-likeness (QED) is 0.202. The van der Waals surface area contributed by atoms with Crippen molar-refractivity contribution in [3.05, 3.63) is 83.8 Å². The molecule has 0 atom stereocenters. The van der Waals surface area contributed by atoms with Gasteiger partial charge in [-0.3, -0.25) is 20.0 Å². The fourth-order valence-electron chi connectivity index (χ4n) is 5.90. The molecule has 0 radical (unpaired) electrons. The van der Waals surface area contributed by atoms with Gasteiger partial charge in [0.2, 0.25) is 10.0 Å². The largest absolute Gasteiger partial charge is 0.336 e. The Morgan fingerprint density at radius 2 is 1.76 bits per heavy atom. The topological polar surface area (TPSA) is 133 Å². The first-order valence-electron chi connectivity index (χ1n) is 14.6. The lowest BCUT2D eigenvalue weighted by molar-refractivity contribution is 0.220. The fourth-order valence-corrected chi connectivity index (χ4v) is 6.33. The first kappa shape index (κ1) is 29.1. The van der Waals surface area contributed by atoms with Crippen LogP contribution in [0.4, 0.5) is 8.78 Å². The van der Waals surface area contributed by atoms with Gasteiger partial charge in [-0.05, 0) is 85.1 Å². The number of aromatic amines is 2. The monoisotopic (exact) mass is 628 g/mol. The highest BCUT2D eigenvalue weighted by atomic mass is 32.2. The Bertz CT molecular complexity index is 2160. The summed E-state index contributed by atoms with van der Waals surface area (Å²) in [4.78, 5) is 19.3. The molecule has 0 saturated carbocycles. The molecular weight excluding hydrogens is 598 g/mol. The molecule has 0 aliphatic carbocycles. The van der Waals surface area contributed by atoms with E-state index in [0.717, 1.165) is 37.0 Å². The summed E-state index contributed by atoms with van der Waals surface area (Å²) in [6, 6.07) is 11.4. The minimum atomic E-state index is -3.47. The lowest BCUT2D eigenvalue weighted by Crippen LogP contribution is -2.29. The van der Waals surface area contributed by atoms with Crippen LogP contribution in [0, 0.1) is 11.6 Å². The molecule has 2 aromatic carbocycles. The lowest BCUT2D eigenvalue weighted by Gasteiger charge is -2.26. The van der Waals surface area contributed by atoms with Crippen molar-refractivity contribution in [2.75, 3.05) is 19.3 Å². The molecule has 13 heteroatoms. The Hall–Kier alpha value is -4.59. The van der Waals surface area contributed by atoms with Gasteiger partial charge in [0.15, 0.2) is 5.82 Å². The predicted octanol–water partition coefficient (Wildman–Crippen LogP) is 5.54. The van der Waals surface area contributed by atoms with Gasteiger partial charge in [-0.1, -0.05) is 6.42 Å². The summed E-state index contributed by atoms with van der Waals surface area (Å²) >= 11 is 0. The van der Waals surface area contributed by atoms with Gasteiger partial charge < -0.3 is 4.98 Å². The van der Waals surface area contributed by atoms with Crippen molar-refractivity contribution in [1.29, 1.82) is 0 Å². The molecule has 1 fully saturated rings. The van der Waals surface area contributed by atoms with Crippen molar-refractivity contribution in [1.82, 2.24) is 39.8 Å². The number of benzene rings is 2. The van der Waals surface area contributed by atoms with Crippen LogP contribution < -0.4 is 4.72 Å². The van der Waals surface area contributed by atoms with Crippen LogP contribution in [0.25, 0.3) is 55.8 Å². The Labute approximate surface area is 258 Å². The van der Waals surface area contributed by atoms with E-state index >= 15 is 4.39 Å². The molecule has 7 rings (SSSR count). The minimum Gasteiger partial charge on any atom is -0.336 e. The molecule has 1 saturated heterocycles. The van der Waals surface area contributed by atoms with Crippen molar-refractivity contribution < 1.29 is 17.2 Å². The molecule has 1 aliphatic heterocycles. The fraction of sp³-hybridized carbons (Fsp3) is 0.250. The van der Waals surface area contributed by atoms with Crippen LogP contribution in [-0.2, 0) is 23.1 Å². The molecule has 5 heterocycles. The van der Waals surface area contributed by atoms with Crippen LogP contribution in [0.15, 0.2) is 61.1 Å². The number of rotatable bonds is 8. The second-order valence-electron chi connectivity index (χ2n) is 11.5. The van der Waals surface area contributed by atoms with Crippen LogP contribution in [0.1, 0.15) is 30.4 Å². The summed E-state index contributed by atoms with van der Waals surface area (Å²) in [5, 5.41) is 7.75. The van der Waals surface area contributed by atoms with E-state index in [9.17, 15) is 12.8 Å². The van der Waals surface area contributed by atoms with Gasteiger partial charge in [0.05, 0.1) is 17.5 Å². The van der Waals surface area contributed by atoms with Crippen LogP contribution in [-0.4, -0.2) is 62.8 Å². The molecule has 45 heavy (non-hydrogen) atoms. The predicted molar refractivity (Wildman–Crippen MR) is 168 cm³/mol. The van der Waals surface area contributed by atoms with E-state index in [1.807, 2.05) is 12.3 Å². The Morgan fingerprint density at radius 1 is 0.933 bits per heavy atom. The second-order valence-corrected chi connectivity index (χ2v) is 13.3. The van der Waals surface area contributed by atoms with Crippen molar-refractivity contribution >= 4 is 32.0 Å². The average molecular weight is 629 g/mol. The van der Waals surface area contributed by atoms with Gasteiger partial charge in [0, 0.05) is 48.2 Å². The van der Waals surface area contributed by atoms with Gasteiger partial charge in [0.1, 0.15) is 28.4 Å². The molecule has 10 nitrogen and oxygen atoms in total. The van der Waals surface area contributed by atoms with Gasteiger partial charge in [0.25, 0.3) is 0 Å². The number of likely N-dealkylation sites (tertiary alicyclic amines) is 1. The first-order chi connectivity index (χ1) is 21.7. The van der Waals surface area contributed by atoms with E-state index in [0.29, 0.717) is 50.3 Å². The lowest BCUT2D eigenvalue weighted by atomic mass is 10.0. The number of nitrogens with one attached hydrogen (secondary N) is 3. The molecule has 1 aliphatic rings. The van der Waals surface area contributed by atoms with Crippen molar-refractivity contribution in [3.8, 4) is 33.9 Å². The molecule has 230 valence electrons. The standard InChI is InChI=1S/C32H30F2N8O2S/c1-45(43,44)37-16-19-9-22(12-24(33)11-19)28-31-27(5-6-36-28)38-32(39-31)30-25-13-21(14-26(34)29(25)40-41-30)23-10-20(15-35-17-23)18-42-7-3-2-4-8-42/h5-6,9-15,17,37H,2-4,7-8,16,18H2,1H3,(H,38,39)(H,40,41). The number of nitrogens with zero attached hydrogens (tertiary/aromatic N) is 5. The SMILES string of the molecule is CS(=O)(=O)NCc1cc(F)cc(-c2nccc3[nH]c(-c4n[nH]c5c(F)cc(-c6cncc(CN7CCCCC7)c6)cc45)nc23)c1. The number of imidazole rings is 1. The molecule has 4 aromatic heterocycles. The number of pyridine rings is 2. The number of hydrogen-bond acceptors (Lipinski definition) is 7. The van der Waals surface area contributed by atoms with E-state index in [2.05, 4.69) is 40.8 Å². The highest BCUT2D eigenvalue weighted by Crippen LogP contribution is 2.34. The van der Waals surface area contributed by atoms with Crippen molar-refractivity contribution in [2.45, 2.75) is 32.4 Å². The Morgan fingerprint density at radius 3 is 2.58 bits per heavy atom. The van der Waals surface area contributed by atoms with Gasteiger partial charge in [-0.2, -0.15) is 5.10 Å². The van der Waals surface area contributed by atoms with E-state index in [-0.39, 0.29) is 12.1 Å². The van der Waals surface area contributed by atoms with Gasteiger partial charge >= 0.3 is 0 Å². The third-order valence-electron chi connectivity index (χ3n) is 8.00. The van der Waals surface area contributed by atoms with Crippen LogP contribution >= 0.6 is 0 Å². The third-order valence-corrected chi connectivity index (χ3v) is 8.67. The number of piperidine rings is 1. The number of hydrogen-bond donors (Lipinski definition) is 3. The molecular formula is C32H30F2N8O2S. The van der Waals surface area contributed by atoms with E-state index in [4.69, 9.17) is 4.98 Å². The van der Waals surface area contributed by atoms with E-state index in [1.54, 1.807) is 24.5 Å². The highest BCUT2D eigenvalue weighted by molar-refractivity contribution is 7.88. The molecule has 6 aromatic rings. The number of fused-ring (bicyclic) bond motifs is 2. The zero-order valence-electron chi connectivity index (χ0n) is 24.4. The zero-order chi connectivity index (χ0) is 31.1. The minimum absolute atomic E-state index is 0.0742. The molecule has 0 bridgehead atoms. The molecule has 0 unspecified atom stereocenters. The molecule has 3 N–H and O–H groups in total. The second kappa shape index (κ2) is 11.7. The average Bonchev–Trinajstić information content (AvgIpc) is 3.65. The van der Waals surface area contributed by atoms with Crippen LogP contribution in [0.3, 0.4) is 0 Å². The highest BCUT2D eigenvalue weighted by Gasteiger charge is 2.20. The summed E-state index contributed by atoms with van der Waals surface area (Å²) in [5.74, 6) is -0.603. The molecule has 0 amide bonds. The van der Waals surface area contributed by atoms with E-state index < -0.39 is 21.7 Å². The maximum absolute atomic E-state index is 15.4. The summed E-state index contributed by atoms with van der Waals surface area (Å²) in [6.45, 7) is 2.87. The maximum Gasteiger partial charge on any atom is 0.209 e. The molecule has 0 spiro atoms. The summed E-state index contributed by atoms with van der Waals surface area (Å²) in [6.07, 6.45) is 9.87. The van der Waals surface area contributed by atoms with Crippen LogP contribution in [0.2, 0.25) is 0 Å². The summed E-state index contributed by atoms with van der Waals surface area (Å²) in [7, 11) is -3.47. The van der Waals surface area contributed by atoms with Crippen molar-refractivity contribution in [3.63, 3.8) is 0 Å². The smallest absolute Gasteiger partial charge is 0.209 e. The summed E-state index contributed by atoms with van der Waals surface area (Å²) < 4.78 is 55.5. The number of halogens is 2. The number of aromatic nitrogens is 6. The van der Waals surface area contributed by atoms with Gasteiger partial charge in [-0.15, -0.1) is 0 Å². The van der Waals surface area contributed by atoms with Gasteiger partial charge in [-0.25, -0.2) is 26.9 Å². The zero-order valence-corrected chi connectivity index (χ0v) is 25.3. The first-order valence-corrected chi connectivity index (χ1v) is 16.5. The normalized spacial score (nSPS) is 14.5. The van der Waals surface area contributed by atoms with E-state index in [1.165, 1.54) is 37.5 Å².